The topological polar surface area (TPSA) is 31.2 Å². The van der Waals surface area contributed by atoms with Gasteiger partial charge < -0.3 is 13.4 Å². The molecule has 12 rings (SSSR count). The number of nitrogens with zero attached hydrogens (tertiary/aromatic N) is 1. The van der Waals surface area contributed by atoms with Crippen LogP contribution in [0.2, 0.25) is 0 Å². The minimum absolute atomic E-state index is 0.953. The maximum atomic E-state index is 7.25. The van der Waals surface area contributed by atoms with Gasteiger partial charge in [0.1, 0.15) is 16.9 Å². The van der Waals surface area contributed by atoms with Crippen LogP contribution in [-0.4, -0.2) is 4.57 Å². The lowest BCUT2D eigenvalue weighted by atomic mass is 9.80. The Morgan fingerprint density at radius 1 is 0.528 bits per heavy atom. The quantitative estimate of drug-likeness (QED) is 0.186. The van der Waals surface area contributed by atoms with E-state index in [-0.39, 0.29) is 0 Å². The fourth-order valence-corrected chi connectivity index (χ4v) is 9.69. The molecule has 0 radical (unpaired) electrons. The van der Waals surface area contributed by atoms with Gasteiger partial charge >= 0.3 is 0 Å². The molecule has 0 N–H and O–H groups in total. The van der Waals surface area contributed by atoms with E-state index < -0.39 is 0 Å². The predicted molar refractivity (Wildman–Crippen MR) is 222 cm³/mol. The summed E-state index contributed by atoms with van der Waals surface area (Å²) < 4.78 is 16.2. The molecule has 53 heavy (non-hydrogen) atoms. The van der Waals surface area contributed by atoms with Gasteiger partial charge in [-0.05, 0) is 101 Å². The summed E-state index contributed by atoms with van der Waals surface area (Å²) in [7, 11) is 0. The summed E-state index contributed by atoms with van der Waals surface area (Å²) in [5.74, 6) is 1.10. The standard InChI is InChI=1S/C50H35NO2/c1-2-13-31(14-3-1)51-43-23-10-8-15-32(43)39-27-28-41-40-21-12-22-42(49(40)53-50(41)48(39)51)47-37-19-6-4-17-35(37)46(36-18-5-7-20-38(36)47)30-25-26-34-33-16-9-11-24-44(33)52-45(34)29-30/h1-2,4-6,8-10,12-13,15-19,21-23,25-29H,3,7,11,14,20,24H2. The Labute approximate surface area is 306 Å². The van der Waals surface area contributed by atoms with Gasteiger partial charge in [0.2, 0.25) is 0 Å². The highest BCUT2D eigenvalue weighted by molar-refractivity contribution is 6.24. The molecule has 3 aliphatic carbocycles. The normalized spacial score (nSPS) is 15.4. The smallest absolute Gasteiger partial charge is 0.160 e. The molecule has 0 aliphatic heterocycles. The fourth-order valence-electron chi connectivity index (χ4n) is 9.69. The van der Waals surface area contributed by atoms with E-state index in [1.165, 1.54) is 71.5 Å². The van der Waals surface area contributed by atoms with Crippen molar-refractivity contribution in [3.8, 4) is 22.3 Å². The van der Waals surface area contributed by atoms with Crippen molar-refractivity contribution in [3.63, 3.8) is 0 Å². The minimum atomic E-state index is 0.953. The van der Waals surface area contributed by atoms with Crippen molar-refractivity contribution >= 4 is 83.3 Å². The summed E-state index contributed by atoms with van der Waals surface area (Å²) in [6, 6.07) is 35.9. The Balaban J connectivity index is 1.15. The maximum absolute atomic E-state index is 7.25. The highest BCUT2D eigenvalue weighted by Gasteiger charge is 2.26. The van der Waals surface area contributed by atoms with Crippen LogP contribution < -0.4 is 0 Å². The Bertz CT molecular complexity index is 3170. The average Bonchev–Trinajstić information content (AvgIpc) is 3.90. The van der Waals surface area contributed by atoms with Crippen LogP contribution in [0, 0.1) is 0 Å². The van der Waals surface area contributed by atoms with Crippen LogP contribution in [0.3, 0.4) is 0 Å². The number of aromatic nitrogens is 1. The first kappa shape index (κ1) is 29.3. The van der Waals surface area contributed by atoms with Gasteiger partial charge in [0.15, 0.2) is 5.58 Å². The molecule has 0 spiro atoms. The summed E-state index contributed by atoms with van der Waals surface area (Å²) in [6.07, 6.45) is 21.9. The SMILES string of the molecule is C1=CCCC(n2c3ccccc3c3ccc4c5cccc(-c6c7c(c(-c8ccc9c%10c(oc9c8)CCC=C%10)c8ccccc68)C=CCC7)c5oc4c32)=C1. The van der Waals surface area contributed by atoms with E-state index in [4.69, 9.17) is 8.83 Å². The number of benzene rings is 6. The number of aryl methyl sites for hydroxylation is 1. The number of fused-ring (bicyclic) bond motifs is 12. The van der Waals surface area contributed by atoms with Crippen molar-refractivity contribution in [1.29, 1.82) is 0 Å². The largest absolute Gasteiger partial charge is 0.460 e. The summed E-state index contributed by atoms with van der Waals surface area (Å²) in [5.41, 5.74) is 15.4. The van der Waals surface area contributed by atoms with E-state index in [0.29, 0.717) is 0 Å². The van der Waals surface area contributed by atoms with E-state index in [9.17, 15) is 0 Å². The Morgan fingerprint density at radius 2 is 1.26 bits per heavy atom. The molecule has 0 fully saturated rings. The van der Waals surface area contributed by atoms with E-state index in [0.717, 1.165) is 82.9 Å². The molecule has 3 aliphatic rings. The molecule has 0 saturated heterocycles. The molecular weight excluding hydrogens is 647 g/mol. The second-order valence-electron chi connectivity index (χ2n) is 14.8. The van der Waals surface area contributed by atoms with Gasteiger partial charge in [0.25, 0.3) is 0 Å². The highest BCUT2D eigenvalue weighted by Crippen LogP contribution is 2.49. The third-order valence-electron chi connectivity index (χ3n) is 12.0. The van der Waals surface area contributed by atoms with Crippen molar-refractivity contribution in [2.24, 2.45) is 0 Å². The lowest BCUT2D eigenvalue weighted by Gasteiger charge is -2.23. The maximum Gasteiger partial charge on any atom is 0.160 e. The predicted octanol–water partition coefficient (Wildman–Crippen LogP) is 14.0. The zero-order chi connectivity index (χ0) is 34.6. The first-order valence-corrected chi connectivity index (χ1v) is 19.0. The molecule has 252 valence electrons. The van der Waals surface area contributed by atoms with Crippen molar-refractivity contribution in [2.45, 2.75) is 38.5 Å². The third-order valence-corrected chi connectivity index (χ3v) is 12.0. The minimum Gasteiger partial charge on any atom is -0.460 e. The van der Waals surface area contributed by atoms with Crippen LogP contribution in [0.4, 0.5) is 0 Å². The van der Waals surface area contributed by atoms with Gasteiger partial charge in [-0.2, -0.15) is 0 Å². The lowest BCUT2D eigenvalue weighted by molar-refractivity contribution is 0.546. The first-order chi connectivity index (χ1) is 26.3. The van der Waals surface area contributed by atoms with Crippen LogP contribution >= 0.6 is 0 Å². The van der Waals surface area contributed by atoms with Gasteiger partial charge in [0.05, 0.1) is 11.0 Å². The molecule has 3 aromatic heterocycles. The summed E-state index contributed by atoms with van der Waals surface area (Å²) >= 11 is 0. The van der Waals surface area contributed by atoms with Gasteiger partial charge in [-0.15, -0.1) is 0 Å². The van der Waals surface area contributed by atoms with Crippen molar-refractivity contribution in [3.05, 3.63) is 150 Å². The van der Waals surface area contributed by atoms with Crippen LogP contribution in [0.1, 0.15) is 48.1 Å². The summed E-state index contributed by atoms with van der Waals surface area (Å²) in [6.45, 7) is 0. The number of para-hydroxylation sites is 2. The number of hydrogen-bond acceptors (Lipinski definition) is 2. The van der Waals surface area contributed by atoms with Crippen LogP contribution in [-0.2, 0) is 12.8 Å². The van der Waals surface area contributed by atoms with Crippen LogP contribution in [0.15, 0.2) is 136 Å². The molecule has 9 aromatic rings. The molecule has 6 aromatic carbocycles. The summed E-state index contributed by atoms with van der Waals surface area (Å²) in [5, 5.41) is 8.50. The second-order valence-corrected chi connectivity index (χ2v) is 14.8. The molecule has 0 saturated carbocycles. The Kier molecular flexibility index (Phi) is 6.13. The molecule has 3 heteroatoms. The van der Waals surface area contributed by atoms with Gasteiger partial charge in [-0.3, -0.25) is 0 Å². The monoisotopic (exact) mass is 681 g/mol. The number of allylic oxidation sites excluding steroid dienone is 6. The van der Waals surface area contributed by atoms with Crippen molar-refractivity contribution in [1.82, 2.24) is 4.57 Å². The molecule has 0 amide bonds. The third kappa shape index (κ3) is 4.11. The molecule has 3 heterocycles. The van der Waals surface area contributed by atoms with Crippen molar-refractivity contribution in [2.75, 3.05) is 0 Å². The fraction of sp³-hybridized carbons (Fsp3) is 0.120. The Morgan fingerprint density at radius 3 is 2.15 bits per heavy atom. The van der Waals surface area contributed by atoms with E-state index in [2.05, 4.69) is 144 Å². The molecule has 0 atom stereocenters. The number of furan rings is 2. The molecule has 0 bridgehead atoms. The Hall–Kier alpha value is -6.32. The highest BCUT2D eigenvalue weighted by atomic mass is 16.3. The van der Waals surface area contributed by atoms with E-state index in [1.807, 2.05) is 0 Å². The first-order valence-electron chi connectivity index (χ1n) is 19.0. The zero-order valence-electron chi connectivity index (χ0n) is 29.3. The molecule has 3 nitrogen and oxygen atoms in total. The van der Waals surface area contributed by atoms with Crippen molar-refractivity contribution < 1.29 is 8.83 Å². The number of rotatable bonds is 3. The molecular formula is C50H35NO2. The number of hydrogen-bond donors (Lipinski definition) is 0. The second kappa shape index (κ2) is 11.1. The van der Waals surface area contributed by atoms with E-state index >= 15 is 0 Å². The zero-order valence-corrected chi connectivity index (χ0v) is 29.3. The van der Waals surface area contributed by atoms with Crippen LogP contribution in [0.5, 0.6) is 0 Å². The lowest BCUT2D eigenvalue weighted by Crippen LogP contribution is -2.02. The van der Waals surface area contributed by atoms with E-state index in [1.54, 1.807) is 0 Å². The van der Waals surface area contributed by atoms with Gasteiger partial charge in [0, 0.05) is 50.2 Å². The molecule has 0 unspecified atom stereocenters. The van der Waals surface area contributed by atoms with Crippen LogP contribution in [0.25, 0.3) is 106 Å². The summed E-state index contributed by atoms with van der Waals surface area (Å²) in [4.78, 5) is 0. The van der Waals surface area contributed by atoms with Gasteiger partial charge in [-0.1, -0.05) is 109 Å². The average molecular weight is 682 g/mol. The van der Waals surface area contributed by atoms with Gasteiger partial charge in [-0.25, -0.2) is 0 Å².